The van der Waals surface area contributed by atoms with Crippen LogP contribution in [-0.2, 0) is 11.3 Å². The quantitative estimate of drug-likeness (QED) is 0.878. The largest absolute Gasteiger partial charge is 0.341 e. The zero-order chi connectivity index (χ0) is 17.1. The Balaban J connectivity index is 1.79. The maximum atomic E-state index is 13.0. The standard InChI is InChI=1S/C17H27N5O2/c1-3-7-21-12-14(13(2)19-21)16(23)22-10-6-18-11-15(22)17(24)20-8-4-5-9-20/h12,15,18H,3-11H2,1-2H3. The first-order valence-electron chi connectivity index (χ1n) is 8.96. The molecule has 0 spiro atoms. The van der Waals surface area contributed by atoms with Crippen molar-refractivity contribution in [2.75, 3.05) is 32.7 Å². The molecule has 0 radical (unpaired) electrons. The van der Waals surface area contributed by atoms with Gasteiger partial charge in [-0.3, -0.25) is 14.3 Å². The summed E-state index contributed by atoms with van der Waals surface area (Å²) in [6.07, 6.45) is 4.91. The minimum absolute atomic E-state index is 0.0751. The van der Waals surface area contributed by atoms with Gasteiger partial charge in [-0.05, 0) is 26.2 Å². The van der Waals surface area contributed by atoms with Gasteiger partial charge in [0.25, 0.3) is 5.91 Å². The van der Waals surface area contributed by atoms with Crippen LogP contribution < -0.4 is 5.32 Å². The van der Waals surface area contributed by atoms with Gasteiger partial charge in [0.1, 0.15) is 6.04 Å². The van der Waals surface area contributed by atoms with E-state index in [2.05, 4.69) is 17.3 Å². The van der Waals surface area contributed by atoms with E-state index in [1.54, 1.807) is 4.90 Å². The van der Waals surface area contributed by atoms with Crippen LogP contribution in [0, 0.1) is 6.92 Å². The lowest BCUT2D eigenvalue weighted by atomic mass is 10.1. The molecule has 3 rings (SSSR count). The number of carbonyl (C=O) groups is 2. The molecule has 3 heterocycles. The summed E-state index contributed by atoms with van der Waals surface area (Å²) in [5.41, 5.74) is 1.35. The average Bonchev–Trinajstić information content (AvgIpc) is 3.24. The first-order chi connectivity index (χ1) is 11.6. The van der Waals surface area contributed by atoms with Crippen LogP contribution >= 0.6 is 0 Å². The third-order valence-corrected chi connectivity index (χ3v) is 4.84. The van der Waals surface area contributed by atoms with Gasteiger partial charge < -0.3 is 15.1 Å². The summed E-state index contributed by atoms with van der Waals surface area (Å²) in [5, 5.41) is 7.68. The smallest absolute Gasteiger partial charge is 0.258 e. The number of aromatic nitrogens is 2. The average molecular weight is 333 g/mol. The number of rotatable bonds is 4. The highest BCUT2D eigenvalue weighted by molar-refractivity contribution is 5.98. The van der Waals surface area contributed by atoms with E-state index < -0.39 is 6.04 Å². The summed E-state index contributed by atoms with van der Waals surface area (Å²) in [5.74, 6) is 0.000512. The Morgan fingerprint density at radius 1 is 1.29 bits per heavy atom. The predicted molar refractivity (Wildman–Crippen MR) is 90.8 cm³/mol. The third-order valence-electron chi connectivity index (χ3n) is 4.84. The number of amides is 2. The van der Waals surface area contributed by atoms with Crippen molar-refractivity contribution in [2.24, 2.45) is 0 Å². The molecule has 1 aromatic rings. The van der Waals surface area contributed by atoms with Gasteiger partial charge in [-0.15, -0.1) is 0 Å². The fraction of sp³-hybridized carbons (Fsp3) is 0.706. The molecule has 2 amide bonds. The van der Waals surface area contributed by atoms with Gasteiger partial charge in [0.15, 0.2) is 0 Å². The minimum Gasteiger partial charge on any atom is -0.341 e. The fourth-order valence-corrected chi connectivity index (χ4v) is 3.54. The third kappa shape index (κ3) is 3.31. The summed E-state index contributed by atoms with van der Waals surface area (Å²) < 4.78 is 1.82. The van der Waals surface area contributed by atoms with Crippen LogP contribution in [0.15, 0.2) is 6.20 Å². The van der Waals surface area contributed by atoms with Crippen molar-refractivity contribution in [1.82, 2.24) is 24.9 Å². The van der Waals surface area contributed by atoms with E-state index in [1.807, 2.05) is 22.7 Å². The zero-order valence-corrected chi connectivity index (χ0v) is 14.6. The number of carbonyl (C=O) groups excluding carboxylic acids is 2. The molecule has 0 aromatic carbocycles. The highest BCUT2D eigenvalue weighted by Gasteiger charge is 2.36. The zero-order valence-electron chi connectivity index (χ0n) is 14.6. The molecular weight excluding hydrogens is 306 g/mol. The second kappa shape index (κ2) is 7.34. The number of hydrogen-bond acceptors (Lipinski definition) is 4. The van der Waals surface area contributed by atoms with Crippen LogP contribution in [0.25, 0.3) is 0 Å². The van der Waals surface area contributed by atoms with Gasteiger partial charge >= 0.3 is 0 Å². The van der Waals surface area contributed by atoms with Gasteiger partial charge in [0.05, 0.1) is 11.3 Å². The normalized spacial score (nSPS) is 21.3. The molecule has 7 nitrogen and oxygen atoms in total. The highest BCUT2D eigenvalue weighted by atomic mass is 16.2. The number of hydrogen-bond donors (Lipinski definition) is 1. The van der Waals surface area contributed by atoms with E-state index in [4.69, 9.17) is 0 Å². The lowest BCUT2D eigenvalue weighted by Gasteiger charge is -2.37. The topological polar surface area (TPSA) is 70.5 Å². The molecule has 1 aromatic heterocycles. The molecule has 2 aliphatic rings. The minimum atomic E-state index is -0.404. The van der Waals surface area contributed by atoms with Gasteiger partial charge in [0.2, 0.25) is 5.91 Å². The van der Waals surface area contributed by atoms with Crippen LogP contribution in [-0.4, -0.2) is 70.2 Å². The van der Waals surface area contributed by atoms with Gasteiger partial charge in [-0.2, -0.15) is 5.10 Å². The van der Waals surface area contributed by atoms with Crippen LogP contribution in [0.4, 0.5) is 0 Å². The molecule has 2 fully saturated rings. The number of nitrogens with zero attached hydrogens (tertiary/aromatic N) is 4. The molecule has 7 heteroatoms. The molecule has 24 heavy (non-hydrogen) atoms. The van der Waals surface area contributed by atoms with E-state index in [0.717, 1.165) is 51.1 Å². The van der Waals surface area contributed by atoms with Gasteiger partial charge in [0, 0.05) is 45.5 Å². The maximum absolute atomic E-state index is 13.0. The summed E-state index contributed by atoms with van der Waals surface area (Å²) in [6, 6.07) is -0.404. The molecule has 1 unspecified atom stereocenters. The van der Waals surface area contributed by atoms with E-state index >= 15 is 0 Å². The van der Waals surface area contributed by atoms with E-state index in [9.17, 15) is 9.59 Å². The monoisotopic (exact) mass is 333 g/mol. The number of nitrogens with one attached hydrogen (secondary N) is 1. The number of likely N-dealkylation sites (tertiary alicyclic amines) is 1. The fourth-order valence-electron chi connectivity index (χ4n) is 3.54. The molecule has 0 aliphatic carbocycles. The van der Waals surface area contributed by atoms with Gasteiger partial charge in [-0.25, -0.2) is 0 Å². The Kier molecular flexibility index (Phi) is 5.18. The van der Waals surface area contributed by atoms with Crippen LogP contribution in [0.3, 0.4) is 0 Å². The number of piperazine rings is 1. The summed E-state index contributed by atoms with van der Waals surface area (Å²) in [6.45, 7) is 8.17. The SMILES string of the molecule is CCCn1cc(C(=O)N2CCNCC2C(=O)N2CCCC2)c(C)n1. The van der Waals surface area contributed by atoms with E-state index in [0.29, 0.717) is 18.7 Å². The van der Waals surface area contributed by atoms with Crippen LogP contribution in [0.2, 0.25) is 0 Å². The molecule has 0 bridgehead atoms. The van der Waals surface area contributed by atoms with E-state index in [1.165, 1.54) is 0 Å². The van der Waals surface area contributed by atoms with Crippen molar-refractivity contribution in [3.05, 3.63) is 17.5 Å². The molecule has 132 valence electrons. The molecule has 2 saturated heterocycles. The summed E-state index contributed by atoms with van der Waals surface area (Å²) >= 11 is 0. The second-order valence-corrected chi connectivity index (χ2v) is 6.64. The molecule has 0 saturated carbocycles. The lowest BCUT2D eigenvalue weighted by molar-refractivity contribution is -0.135. The van der Waals surface area contributed by atoms with Crippen molar-refractivity contribution < 1.29 is 9.59 Å². The maximum Gasteiger partial charge on any atom is 0.258 e. The Morgan fingerprint density at radius 3 is 2.75 bits per heavy atom. The summed E-state index contributed by atoms with van der Waals surface area (Å²) in [4.78, 5) is 29.5. The van der Waals surface area contributed by atoms with Crippen molar-refractivity contribution in [3.8, 4) is 0 Å². The van der Waals surface area contributed by atoms with Crippen molar-refractivity contribution in [2.45, 2.75) is 45.7 Å². The van der Waals surface area contributed by atoms with E-state index in [-0.39, 0.29) is 11.8 Å². The molecular formula is C17H27N5O2. The Labute approximate surface area is 143 Å². The lowest BCUT2D eigenvalue weighted by Crippen LogP contribution is -2.59. The van der Waals surface area contributed by atoms with Crippen molar-refractivity contribution in [3.63, 3.8) is 0 Å². The first kappa shape index (κ1) is 17.0. The van der Waals surface area contributed by atoms with Crippen molar-refractivity contribution >= 4 is 11.8 Å². The molecule has 2 aliphatic heterocycles. The molecule has 1 N–H and O–H groups in total. The Hall–Kier alpha value is -1.89. The van der Waals surface area contributed by atoms with Crippen LogP contribution in [0.1, 0.15) is 42.2 Å². The Bertz CT molecular complexity index is 606. The van der Waals surface area contributed by atoms with Crippen molar-refractivity contribution in [1.29, 1.82) is 0 Å². The molecule has 1 atom stereocenters. The predicted octanol–water partition coefficient (Wildman–Crippen LogP) is 0.638. The van der Waals surface area contributed by atoms with Crippen LogP contribution in [0.5, 0.6) is 0 Å². The number of aryl methyl sites for hydroxylation is 2. The van der Waals surface area contributed by atoms with Gasteiger partial charge in [-0.1, -0.05) is 6.92 Å². The highest BCUT2D eigenvalue weighted by Crippen LogP contribution is 2.17. The Morgan fingerprint density at radius 2 is 2.04 bits per heavy atom. The first-order valence-corrected chi connectivity index (χ1v) is 8.96. The summed E-state index contributed by atoms with van der Waals surface area (Å²) in [7, 11) is 0. The second-order valence-electron chi connectivity index (χ2n) is 6.64.